The normalized spacial score (nSPS) is 17.2. The average Bonchev–Trinajstić information content (AvgIpc) is 3.31. The van der Waals surface area contributed by atoms with Crippen LogP contribution in [0.15, 0.2) is 112 Å². The summed E-state index contributed by atoms with van der Waals surface area (Å²) in [6.07, 6.45) is 7.26. The molecule has 2 aliphatic rings. The number of rotatable bonds is 7. The van der Waals surface area contributed by atoms with Gasteiger partial charge in [-0.05, 0) is 77.6 Å². The molecule has 3 aromatic rings. The van der Waals surface area contributed by atoms with Gasteiger partial charge in [-0.15, -0.1) is 0 Å². The van der Waals surface area contributed by atoms with Crippen molar-refractivity contribution < 1.29 is 9.53 Å². The first-order chi connectivity index (χ1) is 18.4. The van der Waals surface area contributed by atoms with Crippen LogP contribution in [0.1, 0.15) is 29.7 Å². The summed E-state index contributed by atoms with van der Waals surface area (Å²) in [6.45, 7) is 2.03. The van der Waals surface area contributed by atoms with Crippen molar-refractivity contribution in [1.29, 1.82) is 0 Å². The highest BCUT2D eigenvalue weighted by atomic mass is 35.5. The Balaban J connectivity index is 1.63. The number of aliphatic imine (C=N–C) groups is 1. The zero-order valence-corrected chi connectivity index (χ0v) is 23.1. The lowest BCUT2D eigenvalue weighted by atomic mass is 9.90. The van der Waals surface area contributed by atoms with E-state index in [4.69, 9.17) is 32.9 Å². The molecule has 0 aliphatic carbocycles. The number of carbonyl (C=O) groups is 1. The molecule has 3 aromatic carbocycles. The third kappa shape index (κ3) is 5.65. The molecule has 0 amide bonds. The Kier molecular flexibility index (Phi) is 7.89. The maximum Gasteiger partial charge on any atom is 0.186 e. The smallest absolute Gasteiger partial charge is 0.186 e. The van der Waals surface area contributed by atoms with Crippen LogP contribution in [0.2, 0.25) is 10.0 Å². The van der Waals surface area contributed by atoms with Gasteiger partial charge in [0.1, 0.15) is 5.75 Å². The van der Waals surface area contributed by atoms with Gasteiger partial charge in [0.2, 0.25) is 0 Å². The standard InChI is InChI=1S/C31H24Cl2N2O2S/c1-20-19-38-31-34-27(17-7-21-3-11-24(32)12-4-21)29(28(36)18-8-22-5-13-25(33)14-6-22)30(35(20)31)23-9-15-26(37-2)16-10-23/h3-19,30H,1-2H3/b17-7+,18-8+. The van der Waals surface area contributed by atoms with Crippen molar-refractivity contribution in [3.8, 4) is 5.75 Å². The minimum absolute atomic E-state index is 0.121. The minimum atomic E-state index is -0.355. The molecular weight excluding hydrogens is 535 g/mol. The highest BCUT2D eigenvalue weighted by molar-refractivity contribution is 8.16. The number of halogens is 2. The predicted molar refractivity (Wildman–Crippen MR) is 159 cm³/mol. The Morgan fingerprint density at radius 3 is 2.11 bits per heavy atom. The lowest BCUT2D eigenvalue weighted by Gasteiger charge is -2.35. The molecular formula is C31H24Cl2N2O2S. The molecule has 190 valence electrons. The molecule has 0 bridgehead atoms. The van der Waals surface area contributed by atoms with Gasteiger partial charge in [0.05, 0.1) is 24.4 Å². The maximum atomic E-state index is 13.9. The van der Waals surface area contributed by atoms with Crippen LogP contribution in [0.3, 0.4) is 0 Å². The second kappa shape index (κ2) is 11.5. The monoisotopic (exact) mass is 558 g/mol. The number of ketones is 1. The Bertz CT molecular complexity index is 1500. The maximum absolute atomic E-state index is 13.9. The fourth-order valence-electron chi connectivity index (χ4n) is 4.30. The summed E-state index contributed by atoms with van der Waals surface area (Å²) in [5, 5.41) is 4.21. The molecule has 7 heteroatoms. The topological polar surface area (TPSA) is 41.9 Å². The Labute approximate surface area is 236 Å². The van der Waals surface area contributed by atoms with Crippen molar-refractivity contribution in [2.45, 2.75) is 13.0 Å². The number of fused-ring (bicyclic) bond motifs is 1. The van der Waals surface area contributed by atoms with Gasteiger partial charge < -0.3 is 9.64 Å². The molecule has 0 fully saturated rings. The van der Waals surface area contributed by atoms with Gasteiger partial charge >= 0.3 is 0 Å². The second-order valence-corrected chi connectivity index (χ2v) is 10.5. The molecule has 38 heavy (non-hydrogen) atoms. The van der Waals surface area contributed by atoms with Gasteiger partial charge in [-0.1, -0.05) is 83.5 Å². The summed E-state index contributed by atoms with van der Waals surface area (Å²) >= 11 is 13.7. The quantitative estimate of drug-likeness (QED) is 0.272. The number of benzene rings is 3. The van der Waals surface area contributed by atoms with Crippen molar-refractivity contribution in [1.82, 2.24) is 4.90 Å². The van der Waals surface area contributed by atoms with E-state index >= 15 is 0 Å². The van der Waals surface area contributed by atoms with Crippen molar-refractivity contribution in [3.05, 3.63) is 134 Å². The molecule has 1 unspecified atom stereocenters. The highest BCUT2D eigenvalue weighted by Gasteiger charge is 2.38. The third-order valence-corrected chi connectivity index (χ3v) is 7.70. The first-order valence-corrected chi connectivity index (χ1v) is 13.6. The zero-order chi connectivity index (χ0) is 26.6. The molecule has 0 spiro atoms. The Hall–Kier alpha value is -3.51. The van der Waals surface area contributed by atoms with E-state index in [1.807, 2.05) is 79.7 Å². The van der Waals surface area contributed by atoms with Crippen LogP contribution in [0.5, 0.6) is 5.75 Å². The van der Waals surface area contributed by atoms with Gasteiger partial charge in [0.15, 0.2) is 11.0 Å². The van der Waals surface area contributed by atoms with E-state index in [-0.39, 0.29) is 11.8 Å². The number of carbonyl (C=O) groups excluding carboxylic acids is 1. The largest absolute Gasteiger partial charge is 0.497 e. The molecule has 4 nitrogen and oxygen atoms in total. The summed E-state index contributed by atoms with van der Waals surface area (Å²) < 4.78 is 5.38. The molecule has 1 atom stereocenters. The molecule has 0 saturated heterocycles. The van der Waals surface area contributed by atoms with Gasteiger partial charge in [-0.3, -0.25) is 4.79 Å². The van der Waals surface area contributed by atoms with Crippen LogP contribution in [0.25, 0.3) is 12.2 Å². The van der Waals surface area contributed by atoms with E-state index in [2.05, 4.69) is 10.3 Å². The number of allylic oxidation sites excluding steroid dienone is 3. The van der Waals surface area contributed by atoms with Gasteiger partial charge in [-0.25, -0.2) is 4.99 Å². The first-order valence-electron chi connectivity index (χ1n) is 11.9. The summed E-state index contributed by atoms with van der Waals surface area (Å²) in [7, 11) is 1.64. The number of ether oxygens (including phenoxy) is 1. The summed E-state index contributed by atoms with van der Waals surface area (Å²) in [5.41, 5.74) is 5.05. The van der Waals surface area contributed by atoms with Crippen molar-refractivity contribution in [3.63, 3.8) is 0 Å². The molecule has 0 radical (unpaired) electrons. The Morgan fingerprint density at radius 2 is 1.50 bits per heavy atom. The number of hydrogen-bond acceptors (Lipinski definition) is 5. The summed E-state index contributed by atoms with van der Waals surface area (Å²) in [5.74, 6) is 0.632. The lowest BCUT2D eigenvalue weighted by Crippen LogP contribution is -2.35. The van der Waals surface area contributed by atoms with E-state index in [0.717, 1.165) is 33.3 Å². The van der Waals surface area contributed by atoms with E-state index in [0.29, 0.717) is 21.3 Å². The predicted octanol–water partition coefficient (Wildman–Crippen LogP) is 8.57. The van der Waals surface area contributed by atoms with Crippen LogP contribution in [0.4, 0.5) is 0 Å². The van der Waals surface area contributed by atoms with Gasteiger partial charge in [0, 0.05) is 15.7 Å². The van der Waals surface area contributed by atoms with Gasteiger partial charge in [0.25, 0.3) is 0 Å². The third-order valence-electron chi connectivity index (χ3n) is 6.24. The van der Waals surface area contributed by atoms with Crippen LogP contribution in [-0.2, 0) is 4.79 Å². The van der Waals surface area contributed by atoms with E-state index in [1.54, 1.807) is 43.2 Å². The molecule has 0 N–H and O–H groups in total. The summed E-state index contributed by atoms with van der Waals surface area (Å²) in [4.78, 5) is 21.0. The van der Waals surface area contributed by atoms with Crippen molar-refractivity contribution in [2.24, 2.45) is 4.99 Å². The molecule has 0 aromatic heterocycles. The Morgan fingerprint density at radius 1 is 0.895 bits per heavy atom. The van der Waals surface area contributed by atoms with E-state index in [9.17, 15) is 4.79 Å². The number of amidine groups is 1. The molecule has 2 aliphatic heterocycles. The average molecular weight is 560 g/mol. The van der Waals surface area contributed by atoms with Crippen LogP contribution in [0, 0.1) is 0 Å². The SMILES string of the molecule is COc1ccc(C2C(C(=O)/C=C/c3ccc(Cl)cc3)=C(/C=C/c3ccc(Cl)cc3)N=C3SC=C(C)N32)cc1. The van der Waals surface area contributed by atoms with Crippen LogP contribution < -0.4 is 4.74 Å². The first kappa shape index (κ1) is 26.1. The number of nitrogens with zero attached hydrogens (tertiary/aromatic N) is 2. The van der Waals surface area contributed by atoms with Crippen LogP contribution >= 0.6 is 35.0 Å². The van der Waals surface area contributed by atoms with Gasteiger partial charge in [-0.2, -0.15) is 0 Å². The molecule has 0 saturated carbocycles. The molecule has 5 rings (SSSR count). The molecule has 2 heterocycles. The minimum Gasteiger partial charge on any atom is -0.497 e. The van der Waals surface area contributed by atoms with Crippen molar-refractivity contribution >= 4 is 58.1 Å². The fraction of sp³-hybridized carbons (Fsp3) is 0.0968. The highest BCUT2D eigenvalue weighted by Crippen LogP contribution is 2.44. The fourth-order valence-corrected chi connectivity index (χ4v) is 5.46. The lowest BCUT2D eigenvalue weighted by molar-refractivity contribution is -0.111. The number of hydrogen-bond donors (Lipinski definition) is 0. The second-order valence-electron chi connectivity index (χ2n) is 8.75. The number of thioether (sulfide) groups is 1. The summed E-state index contributed by atoms with van der Waals surface area (Å²) in [6, 6.07) is 22.4. The van der Waals surface area contributed by atoms with Crippen molar-refractivity contribution in [2.75, 3.05) is 7.11 Å². The zero-order valence-electron chi connectivity index (χ0n) is 20.8. The van der Waals surface area contributed by atoms with E-state index < -0.39 is 0 Å². The van der Waals surface area contributed by atoms with E-state index in [1.165, 1.54) is 0 Å². The number of methoxy groups -OCH3 is 1. The van der Waals surface area contributed by atoms with Crippen LogP contribution in [-0.4, -0.2) is 23.0 Å².